The van der Waals surface area contributed by atoms with Gasteiger partial charge in [-0.1, -0.05) is 19.9 Å². The van der Waals surface area contributed by atoms with Crippen molar-refractivity contribution >= 4 is 11.3 Å². The molecule has 2 N–H and O–H groups in total. The summed E-state index contributed by atoms with van der Waals surface area (Å²) in [6.45, 7) is 7.12. The molecule has 3 heteroatoms. The van der Waals surface area contributed by atoms with E-state index in [1.807, 2.05) is 6.92 Å². The second-order valence-corrected chi connectivity index (χ2v) is 5.48. The van der Waals surface area contributed by atoms with Crippen molar-refractivity contribution in [3.63, 3.8) is 0 Å². The zero-order valence-electron chi connectivity index (χ0n) is 10.5. The monoisotopic (exact) mass is 241 g/mol. The molecule has 1 rings (SSSR count). The van der Waals surface area contributed by atoms with Crippen molar-refractivity contribution in [2.45, 2.75) is 45.8 Å². The van der Waals surface area contributed by atoms with Gasteiger partial charge < -0.3 is 10.5 Å². The molecule has 16 heavy (non-hydrogen) atoms. The van der Waals surface area contributed by atoms with Gasteiger partial charge in [-0.2, -0.15) is 0 Å². The van der Waals surface area contributed by atoms with Gasteiger partial charge in [-0.3, -0.25) is 0 Å². The zero-order valence-corrected chi connectivity index (χ0v) is 11.3. The Morgan fingerprint density at radius 3 is 2.69 bits per heavy atom. The van der Waals surface area contributed by atoms with E-state index in [1.54, 1.807) is 11.3 Å². The van der Waals surface area contributed by atoms with Crippen LogP contribution in [0, 0.1) is 5.92 Å². The summed E-state index contributed by atoms with van der Waals surface area (Å²) in [6.07, 6.45) is 2.25. The van der Waals surface area contributed by atoms with E-state index in [9.17, 15) is 0 Å². The molecule has 92 valence electrons. The molecule has 0 aliphatic carbocycles. The fourth-order valence-electron chi connectivity index (χ4n) is 1.93. The minimum absolute atomic E-state index is 0.141. The Balaban J connectivity index is 2.39. The molecular formula is C13H23NOS. The molecule has 0 saturated carbocycles. The quantitative estimate of drug-likeness (QED) is 0.796. The number of nitrogens with two attached hydrogens (primary N) is 1. The smallest absolute Gasteiger partial charge is 0.0748 e. The summed E-state index contributed by atoms with van der Waals surface area (Å²) in [5.41, 5.74) is 6.20. The first-order valence-electron chi connectivity index (χ1n) is 6.04. The minimum Gasteiger partial charge on any atom is -0.377 e. The first-order valence-corrected chi connectivity index (χ1v) is 6.92. The summed E-state index contributed by atoms with van der Waals surface area (Å²) in [5.74, 6) is 0.485. The number of thiophene rings is 1. The predicted octanol–water partition coefficient (Wildman–Crippen LogP) is 3.07. The average molecular weight is 241 g/mol. The standard InChI is InChI=1S/C13H23NOS/c1-4-15-13(10(2)3)12(14)8-7-11-6-5-9-16-11/h5-6,9-10,12-13H,4,7-8,14H2,1-3H3. The predicted molar refractivity (Wildman–Crippen MR) is 70.9 cm³/mol. The molecular weight excluding hydrogens is 218 g/mol. The third kappa shape index (κ3) is 4.24. The van der Waals surface area contributed by atoms with E-state index in [4.69, 9.17) is 10.5 Å². The van der Waals surface area contributed by atoms with Crippen molar-refractivity contribution in [3.05, 3.63) is 22.4 Å². The number of aryl methyl sites for hydroxylation is 1. The Bertz CT molecular complexity index is 271. The molecule has 1 aromatic heterocycles. The highest BCUT2D eigenvalue weighted by molar-refractivity contribution is 7.09. The maximum Gasteiger partial charge on any atom is 0.0748 e. The molecule has 1 aromatic rings. The van der Waals surface area contributed by atoms with Gasteiger partial charge in [0.15, 0.2) is 0 Å². The Morgan fingerprint density at radius 2 is 2.19 bits per heavy atom. The van der Waals surface area contributed by atoms with Crippen molar-refractivity contribution in [3.8, 4) is 0 Å². The number of hydrogen-bond acceptors (Lipinski definition) is 3. The van der Waals surface area contributed by atoms with Crippen molar-refractivity contribution < 1.29 is 4.74 Å². The van der Waals surface area contributed by atoms with Crippen LogP contribution in [-0.2, 0) is 11.2 Å². The largest absolute Gasteiger partial charge is 0.377 e. The fourth-order valence-corrected chi connectivity index (χ4v) is 2.66. The summed E-state index contributed by atoms with van der Waals surface area (Å²) in [7, 11) is 0. The van der Waals surface area contributed by atoms with Gasteiger partial charge in [0.05, 0.1) is 6.10 Å². The maximum atomic E-state index is 6.20. The second kappa shape index (κ2) is 7.05. The Hall–Kier alpha value is -0.380. The van der Waals surface area contributed by atoms with Crippen molar-refractivity contribution in [2.24, 2.45) is 11.7 Å². The summed E-state index contributed by atoms with van der Waals surface area (Å²) in [5, 5.41) is 2.11. The van der Waals surface area contributed by atoms with Gasteiger partial charge in [0.25, 0.3) is 0 Å². The average Bonchev–Trinajstić information content (AvgIpc) is 2.75. The van der Waals surface area contributed by atoms with E-state index in [0.29, 0.717) is 5.92 Å². The first-order chi connectivity index (χ1) is 7.65. The van der Waals surface area contributed by atoms with Crippen LogP contribution in [0.5, 0.6) is 0 Å². The Morgan fingerprint density at radius 1 is 1.44 bits per heavy atom. The molecule has 0 aliphatic heterocycles. The lowest BCUT2D eigenvalue weighted by molar-refractivity contribution is 0.0110. The highest BCUT2D eigenvalue weighted by Gasteiger charge is 2.21. The van der Waals surface area contributed by atoms with E-state index < -0.39 is 0 Å². The van der Waals surface area contributed by atoms with Crippen LogP contribution >= 0.6 is 11.3 Å². The van der Waals surface area contributed by atoms with Crippen LogP contribution in [0.15, 0.2) is 17.5 Å². The summed E-state index contributed by atoms with van der Waals surface area (Å²) in [6, 6.07) is 4.40. The van der Waals surface area contributed by atoms with Crippen molar-refractivity contribution in [2.75, 3.05) is 6.61 Å². The minimum atomic E-state index is 0.141. The first kappa shape index (κ1) is 13.7. The summed E-state index contributed by atoms with van der Waals surface area (Å²) in [4.78, 5) is 1.41. The van der Waals surface area contributed by atoms with Crippen molar-refractivity contribution in [1.29, 1.82) is 0 Å². The summed E-state index contributed by atoms with van der Waals surface area (Å²) < 4.78 is 5.71. The third-order valence-corrected chi connectivity index (χ3v) is 3.68. The molecule has 2 unspecified atom stereocenters. The fraction of sp³-hybridized carbons (Fsp3) is 0.692. The third-order valence-electron chi connectivity index (χ3n) is 2.74. The van der Waals surface area contributed by atoms with Gasteiger partial charge in [-0.15, -0.1) is 11.3 Å². The van der Waals surface area contributed by atoms with Gasteiger partial charge in [-0.25, -0.2) is 0 Å². The van der Waals surface area contributed by atoms with E-state index in [-0.39, 0.29) is 12.1 Å². The number of rotatable bonds is 7. The van der Waals surface area contributed by atoms with Gasteiger partial charge in [0, 0.05) is 17.5 Å². The lowest BCUT2D eigenvalue weighted by atomic mass is 9.96. The molecule has 0 spiro atoms. The molecule has 0 radical (unpaired) electrons. The van der Waals surface area contributed by atoms with Crippen LogP contribution in [0.2, 0.25) is 0 Å². The highest BCUT2D eigenvalue weighted by Crippen LogP contribution is 2.16. The second-order valence-electron chi connectivity index (χ2n) is 4.45. The topological polar surface area (TPSA) is 35.2 Å². The molecule has 0 bridgehead atoms. The molecule has 0 amide bonds. The molecule has 2 atom stereocenters. The van der Waals surface area contributed by atoms with Gasteiger partial charge in [0.2, 0.25) is 0 Å². The summed E-state index contributed by atoms with van der Waals surface area (Å²) >= 11 is 1.80. The van der Waals surface area contributed by atoms with Crippen LogP contribution in [0.3, 0.4) is 0 Å². The van der Waals surface area contributed by atoms with Gasteiger partial charge in [-0.05, 0) is 37.1 Å². The van der Waals surface area contributed by atoms with Crippen LogP contribution in [0.1, 0.15) is 32.1 Å². The van der Waals surface area contributed by atoms with Crippen molar-refractivity contribution in [1.82, 2.24) is 0 Å². The molecule has 0 aliphatic rings. The Kier molecular flexibility index (Phi) is 6.03. The van der Waals surface area contributed by atoms with E-state index in [1.165, 1.54) is 4.88 Å². The maximum absolute atomic E-state index is 6.20. The highest BCUT2D eigenvalue weighted by atomic mass is 32.1. The number of ether oxygens (including phenoxy) is 1. The van der Waals surface area contributed by atoms with Crippen LogP contribution in [0.25, 0.3) is 0 Å². The molecule has 2 nitrogen and oxygen atoms in total. The van der Waals surface area contributed by atoms with E-state index >= 15 is 0 Å². The van der Waals surface area contributed by atoms with Crippen LogP contribution < -0.4 is 5.73 Å². The molecule has 0 fully saturated rings. The van der Waals surface area contributed by atoms with Gasteiger partial charge in [0.1, 0.15) is 0 Å². The van der Waals surface area contributed by atoms with E-state index in [0.717, 1.165) is 19.4 Å². The lowest BCUT2D eigenvalue weighted by Crippen LogP contribution is -2.40. The lowest BCUT2D eigenvalue weighted by Gasteiger charge is -2.27. The SMILES string of the molecule is CCOC(C(C)C)C(N)CCc1cccs1. The van der Waals surface area contributed by atoms with Gasteiger partial charge >= 0.3 is 0 Å². The van der Waals surface area contributed by atoms with E-state index in [2.05, 4.69) is 31.4 Å². The van der Waals surface area contributed by atoms with Crippen LogP contribution in [0.4, 0.5) is 0 Å². The molecule has 0 aromatic carbocycles. The zero-order chi connectivity index (χ0) is 12.0. The molecule has 1 heterocycles. The normalized spacial score (nSPS) is 15.3. The Labute approximate surface area is 103 Å². The van der Waals surface area contributed by atoms with Crippen LogP contribution in [-0.4, -0.2) is 18.8 Å². The number of hydrogen-bond donors (Lipinski definition) is 1. The molecule has 0 saturated heterocycles.